The van der Waals surface area contributed by atoms with Crippen molar-refractivity contribution in [2.45, 2.75) is 33.1 Å². The Morgan fingerprint density at radius 1 is 1.00 bits per heavy atom. The van der Waals surface area contributed by atoms with Crippen molar-refractivity contribution in [2.75, 3.05) is 13.2 Å². The zero-order valence-electron chi connectivity index (χ0n) is 15.0. The van der Waals surface area contributed by atoms with Gasteiger partial charge >= 0.3 is 11.9 Å². The quantitative estimate of drug-likeness (QED) is 0.607. The van der Waals surface area contributed by atoms with Crippen LogP contribution in [-0.2, 0) is 20.7 Å². The Balaban J connectivity index is 1.99. The Bertz CT molecular complexity index is 946. The number of pyridine rings is 1. The summed E-state index contributed by atoms with van der Waals surface area (Å²) in [5, 5.41) is 5.69. The molecule has 1 aromatic carbocycles. The molecule has 0 saturated carbocycles. The van der Waals surface area contributed by atoms with Gasteiger partial charge in [-0.05, 0) is 38.8 Å². The highest BCUT2D eigenvalue weighted by Gasteiger charge is 2.21. The van der Waals surface area contributed by atoms with Crippen LogP contribution in [-0.4, -0.2) is 34.8 Å². The Labute approximate surface area is 151 Å². The summed E-state index contributed by atoms with van der Waals surface area (Å²) in [6, 6.07) is 11.7. The van der Waals surface area contributed by atoms with Crippen molar-refractivity contribution in [3.05, 3.63) is 47.7 Å². The first-order valence-corrected chi connectivity index (χ1v) is 8.87. The zero-order valence-corrected chi connectivity index (χ0v) is 15.0. The van der Waals surface area contributed by atoms with Gasteiger partial charge in [0.25, 0.3) is 0 Å². The first-order chi connectivity index (χ1) is 12.7. The van der Waals surface area contributed by atoms with Gasteiger partial charge in [0.15, 0.2) is 0 Å². The number of rotatable bonds is 7. The van der Waals surface area contributed by atoms with Crippen molar-refractivity contribution in [3.63, 3.8) is 0 Å². The molecule has 0 amide bonds. The van der Waals surface area contributed by atoms with E-state index in [0.29, 0.717) is 49.3 Å². The number of hydrogen-bond donors (Lipinski definition) is 0. The minimum absolute atomic E-state index is 0.237. The molecule has 0 saturated heterocycles. The molecule has 26 heavy (non-hydrogen) atoms. The van der Waals surface area contributed by atoms with Gasteiger partial charge in [0.1, 0.15) is 5.56 Å². The topological polar surface area (TPSA) is 69.9 Å². The lowest BCUT2D eigenvalue weighted by Gasteiger charge is -2.04. The predicted molar refractivity (Wildman–Crippen MR) is 98.2 cm³/mol. The van der Waals surface area contributed by atoms with Crippen LogP contribution in [0, 0.1) is 0 Å². The van der Waals surface area contributed by atoms with Crippen LogP contribution in [0.15, 0.2) is 36.4 Å². The summed E-state index contributed by atoms with van der Waals surface area (Å²) in [7, 11) is 0. The molecule has 0 N–H and O–H groups in total. The van der Waals surface area contributed by atoms with Gasteiger partial charge in [0, 0.05) is 11.8 Å². The van der Waals surface area contributed by atoms with Gasteiger partial charge in [-0.2, -0.15) is 5.10 Å². The number of esters is 2. The number of ether oxygens (including phenoxy) is 2. The number of aryl methyl sites for hydroxylation is 1. The van der Waals surface area contributed by atoms with E-state index in [0.717, 1.165) is 10.9 Å². The lowest BCUT2D eigenvalue weighted by atomic mass is 10.1. The molecule has 0 bridgehead atoms. The van der Waals surface area contributed by atoms with E-state index < -0.39 is 0 Å². The highest BCUT2D eigenvalue weighted by Crippen LogP contribution is 2.24. The first kappa shape index (κ1) is 17.9. The Kier molecular flexibility index (Phi) is 5.51. The molecule has 3 rings (SSSR count). The van der Waals surface area contributed by atoms with E-state index in [1.54, 1.807) is 18.4 Å². The third-order valence-electron chi connectivity index (χ3n) is 4.16. The molecule has 136 valence electrons. The lowest BCUT2D eigenvalue weighted by molar-refractivity contribution is -0.143. The Morgan fingerprint density at radius 2 is 1.77 bits per heavy atom. The molecule has 0 aliphatic heterocycles. The van der Waals surface area contributed by atoms with Crippen molar-refractivity contribution in [2.24, 2.45) is 0 Å². The van der Waals surface area contributed by atoms with Crippen molar-refractivity contribution < 1.29 is 19.1 Å². The monoisotopic (exact) mass is 354 g/mol. The number of carbonyl (C=O) groups is 2. The molecule has 2 aromatic heterocycles. The van der Waals surface area contributed by atoms with Gasteiger partial charge < -0.3 is 9.47 Å². The van der Waals surface area contributed by atoms with Gasteiger partial charge in [-0.15, -0.1) is 0 Å². The highest BCUT2D eigenvalue weighted by molar-refractivity contribution is 6.00. The molecule has 6 heteroatoms. The van der Waals surface area contributed by atoms with E-state index in [2.05, 4.69) is 5.10 Å². The standard InChI is InChI=1S/C20H22N2O4/c1-3-25-18(23)11-7-9-15-19(20(24)26-4-2)17-13-12-14-8-5-6-10-16(14)22(17)21-15/h5-6,8,10,12-13H,3-4,7,9,11H2,1-2H3. The van der Waals surface area contributed by atoms with Crippen LogP contribution in [0.2, 0.25) is 0 Å². The average molecular weight is 354 g/mol. The summed E-state index contributed by atoms with van der Waals surface area (Å²) in [5.41, 5.74) is 2.76. The number of benzene rings is 1. The summed E-state index contributed by atoms with van der Waals surface area (Å²) in [6.07, 6.45) is 1.36. The number of carbonyl (C=O) groups excluding carboxylic acids is 2. The normalized spacial score (nSPS) is 11.0. The molecule has 2 heterocycles. The van der Waals surface area contributed by atoms with Gasteiger partial charge in [-0.3, -0.25) is 4.79 Å². The second-order valence-corrected chi connectivity index (χ2v) is 5.89. The number of aromatic nitrogens is 2. The van der Waals surface area contributed by atoms with Crippen molar-refractivity contribution in [3.8, 4) is 0 Å². The summed E-state index contributed by atoms with van der Waals surface area (Å²) in [4.78, 5) is 24.1. The maximum absolute atomic E-state index is 12.5. The van der Waals surface area contributed by atoms with E-state index >= 15 is 0 Å². The van der Waals surface area contributed by atoms with E-state index in [-0.39, 0.29) is 11.9 Å². The van der Waals surface area contributed by atoms with Crippen LogP contribution < -0.4 is 0 Å². The fourth-order valence-corrected chi connectivity index (χ4v) is 3.04. The van der Waals surface area contributed by atoms with Crippen LogP contribution in [0.25, 0.3) is 16.4 Å². The molecule has 0 aliphatic carbocycles. The van der Waals surface area contributed by atoms with Crippen LogP contribution >= 0.6 is 0 Å². The Morgan fingerprint density at radius 3 is 2.54 bits per heavy atom. The van der Waals surface area contributed by atoms with Gasteiger partial charge in [0.05, 0.1) is 29.9 Å². The SMILES string of the molecule is CCOC(=O)CCCc1nn2c(ccc3ccccc32)c1C(=O)OCC. The summed E-state index contributed by atoms with van der Waals surface area (Å²) >= 11 is 0. The van der Waals surface area contributed by atoms with E-state index in [1.165, 1.54) is 0 Å². The third-order valence-corrected chi connectivity index (χ3v) is 4.16. The molecular weight excluding hydrogens is 332 g/mol. The van der Waals surface area contributed by atoms with Crippen LogP contribution in [0.3, 0.4) is 0 Å². The minimum Gasteiger partial charge on any atom is -0.466 e. The van der Waals surface area contributed by atoms with Gasteiger partial charge in [-0.25, -0.2) is 9.31 Å². The molecule has 0 radical (unpaired) electrons. The van der Waals surface area contributed by atoms with Crippen LogP contribution in [0.1, 0.15) is 42.7 Å². The summed E-state index contributed by atoms with van der Waals surface area (Å²) < 4.78 is 12.0. The average Bonchev–Trinajstić information content (AvgIpc) is 3.01. The van der Waals surface area contributed by atoms with Crippen molar-refractivity contribution >= 4 is 28.4 Å². The van der Waals surface area contributed by atoms with Crippen molar-refractivity contribution in [1.82, 2.24) is 9.61 Å². The van der Waals surface area contributed by atoms with E-state index in [4.69, 9.17) is 9.47 Å². The first-order valence-electron chi connectivity index (χ1n) is 8.87. The molecule has 0 spiro atoms. The second kappa shape index (κ2) is 7.99. The number of hydrogen-bond acceptors (Lipinski definition) is 5. The largest absolute Gasteiger partial charge is 0.466 e. The van der Waals surface area contributed by atoms with Gasteiger partial charge in [0.2, 0.25) is 0 Å². The predicted octanol–water partition coefficient (Wildman–Crippen LogP) is 3.55. The van der Waals surface area contributed by atoms with Crippen LogP contribution in [0.5, 0.6) is 0 Å². The number of para-hydroxylation sites is 1. The number of nitrogens with zero attached hydrogens (tertiary/aromatic N) is 2. The summed E-state index contributed by atoms with van der Waals surface area (Å²) in [5.74, 6) is -0.622. The molecule has 0 aliphatic rings. The molecule has 0 unspecified atom stereocenters. The highest BCUT2D eigenvalue weighted by atomic mass is 16.5. The molecule has 6 nitrogen and oxygen atoms in total. The fraction of sp³-hybridized carbons (Fsp3) is 0.350. The van der Waals surface area contributed by atoms with E-state index in [9.17, 15) is 9.59 Å². The number of fused-ring (bicyclic) bond motifs is 3. The van der Waals surface area contributed by atoms with Gasteiger partial charge in [-0.1, -0.05) is 24.3 Å². The van der Waals surface area contributed by atoms with E-state index in [1.807, 2.05) is 36.4 Å². The summed E-state index contributed by atoms with van der Waals surface area (Å²) in [6.45, 7) is 4.22. The Hall–Kier alpha value is -2.89. The molecular formula is C20H22N2O4. The van der Waals surface area contributed by atoms with Crippen LogP contribution in [0.4, 0.5) is 0 Å². The second-order valence-electron chi connectivity index (χ2n) is 5.89. The fourth-order valence-electron chi connectivity index (χ4n) is 3.04. The third kappa shape index (κ3) is 3.54. The maximum Gasteiger partial charge on any atom is 0.342 e. The molecule has 0 fully saturated rings. The zero-order chi connectivity index (χ0) is 18.5. The maximum atomic E-state index is 12.5. The lowest BCUT2D eigenvalue weighted by Crippen LogP contribution is -2.08. The smallest absolute Gasteiger partial charge is 0.342 e. The minimum atomic E-state index is -0.385. The molecule has 3 aromatic rings. The van der Waals surface area contributed by atoms with Crippen molar-refractivity contribution in [1.29, 1.82) is 0 Å². The molecule has 0 atom stereocenters.